The summed E-state index contributed by atoms with van der Waals surface area (Å²) in [7, 11) is 1.72. The third kappa shape index (κ3) is 4.16. The number of nitrogens with one attached hydrogen (secondary N) is 2. The number of aryl methyl sites for hydroxylation is 1. The maximum atomic E-state index is 5.39. The van der Waals surface area contributed by atoms with E-state index < -0.39 is 0 Å². The Morgan fingerprint density at radius 2 is 2.26 bits per heavy atom. The van der Waals surface area contributed by atoms with Crippen molar-refractivity contribution >= 4 is 5.96 Å². The molecular weight excluding hydrogens is 238 g/mol. The van der Waals surface area contributed by atoms with Crippen LogP contribution in [0.3, 0.4) is 0 Å². The highest BCUT2D eigenvalue weighted by atomic mass is 16.5. The van der Waals surface area contributed by atoms with Crippen LogP contribution in [0.1, 0.15) is 24.0 Å². The molecule has 4 heteroatoms. The van der Waals surface area contributed by atoms with E-state index in [1.807, 2.05) is 6.07 Å². The van der Waals surface area contributed by atoms with Crippen LogP contribution >= 0.6 is 0 Å². The second kappa shape index (κ2) is 7.02. The first kappa shape index (κ1) is 13.7. The van der Waals surface area contributed by atoms with Gasteiger partial charge in [-0.05, 0) is 37.8 Å². The third-order valence-corrected chi connectivity index (χ3v) is 3.27. The molecule has 1 aromatic carbocycles. The molecule has 1 aromatic rings. The molecule has 0 bridgehead atoms. The molecule has 4 nitrogen and oxygen atoms in total. The Morgan fingerprint density at radius 3 is 3.11 bits per heavy atom. The average molecular weight is 261 g/mol. The first-order chi connectivity index (χ1) is 9.29. The van der Waals surface area contributed by atoms with Crippen LogP contribution in [0.15, 0.2) is 23.2 Å². The molecule has 0 aliphatic carbocycles. The summed E-state index contributed by atoms with van der Waals surface area (Å²) in [6, 6.07) is 6.29. The Hall–Kier alpha value is -1.71. The molecule has 104 valence electrons. The van der Waals surface area contributed by atoms with Gasteiger partial charge in [-0.2, -0.15) is 0 Å². The maximum Gasteiger partial charge on any atom is 0.191 e. The van der Waals surface area contributed by atoms with Crippen molar-refractivity contribution in [3.63, 3.8) is 0 Å². The van der Waals surface area contributed by atoms with Gasteiger partial charge in [0.05, 0.1) is 7.11 Å². The molecule has 2 N–H and O–H groups in total. The molecule has 0 radical (unpaired) electrons. The van der Waals surface area contributed by atoms with E-state index in [2.05, 4.69) is 34.7 Å². The summed E-state index contributed by atoms with van der Waals surface area (Å²) in [6.07, 6.45) is 3.30. The Kier molecular flexibility index (Phi) is 5.07. The van der Waals surface area contributed by atoms with E-state index in [4.69, 9.17) is 4.74 Å². The van der Waals surface area contributed by atoms with Gasteiger partial charge in [-0.3, -0.25) is 4.99 Å². The van der Waals surface area contributed by atoms with Crippen molar-refractivity contribution in [2.75, 3.05) is 26.7 Å². The van der Waals surface area contributed by atoms with E-state index in [1.54, 1.807) is 7.11 Å². The third-order valence-electron chi connectivity index (χ3n) is 3.27. The molecule has 1 heterocycles. The fraction of sp³-hybridized carbons (Fsp3) is 0.533. The molecule has 0 unspecified atom stereocenters. The SMILES string of the molecule is COc1ccc(C)cc1CCNC1=NCCCCN1. The first-order valence-electron chi connectivity index (χ1n) is 6.95. The summed E-state index contributed by atoms with van der Waals surface area (Å²) < 4.78 is 5.39. The summed E-state index contributed by atoms with van der Waals surface area (Å²) in [5, 5.41) is 6.68. The van der Waals surface area contributed by atoms with E-state index in [0.717, 1.165) is 37.8 Å². The molecular formula is C15H23N3O. The molecule has 1 aliphatic heterocycles. The highest BCUT2D eigenvalue weighted by Crippen LogP contribution is 2.19. The number of methoxy groups -OCH3 is 1. The van der Waals surface area contributed by atoms with Crippen molar-refractivity contribution < 1.29 is 4.74 Å². The topological polar surface area (TPSA) is 45.6 Å². The highest BCUT2D eigenvalue weighted by molar-refractivity contribution is 5.79. The van der Waals surface area contributed by atoms with Crippen molar-refractivity contribution in [2.24, 2.45) is 4.99 Å². The fourth-order valence-electron chi connectivity index (χ4n) is 2.23. The van der Waals surface area contributed by atoms with Gasteiger partial charge in [0.25, 0.3) is 0 Å². The number of nitrogens with zero attached hydrogens (tertiary/aromatic N) is 1. The van der Waals surface area contributed by atoms with Crippen molar-refractivity contribution in [2.45, 2.75) is 26.2 Å². The minimum atomic E-state index is 0.867. The number of hydrogen-bond donors (Lipinski definition) is 2. The molecule has 1 aliphatic rings. The Bertz CT molecular complexity index is 443. The minimum absolute atomic E-state index is 0.867. The van der Waals surface area contributed by atoms with E-state index >= 15 is 0 Å². The zero-order valence-corrected chi connectivity index (χ0v) is 11.8. The number of benzene rings is 1. The lowest BCUT2D eigenvalue weighted by atomic mass is 10.1. The van der Waals surface area contributed by atoms with Crippen LogP contribution in [0.25, 0.3) is 0 Å². The lowest BCUT2D eigenvalue weighted by molar-refractivity contribution is 0.409. The van der Waals surface area contributed by atoms with Gasteiger partial charge in [-0.1, -0.05) is 17.7 Å². The highest BCUT2D eigenvalue weighted by Gasteiger charge is 2.05. The van der Waals surface area contributed by atoms with E-state index in [-0.39, 0.29) is 0 Å². The van der Waals surface area contributed by atoms with Crippen LogP contribution in [0.5, 0.6) is 5.75 Å². The summed E-state index contributed by atoms with van der Waals surface area (Å²) in [4.78, 5) is 4.48. The predicted molar refractivity (Wildman–Crippen MR) is 79.0 cm³/mol. The fourth-order valence-corrected chi connectivity index (χ4v) is 2.23. The molecule has 0 fully saturated rings. The smallest absolute Gasteiger partial charge is 0.191 e. The van der Waals surface area contributed by atoms with Crippen LogP contribution in [0, 0.1) is 6.92 Å². The Labute approximate surface area is 115 Å². The quantitative estimate of drug-likeness (QED) is 0.870. The minimum Gasteiger partial charge on any atom is -0.496 e. The molecule has 0 atom stereocenters. The van der Waals surface area contributed by atoms with Gasteiger partial charge in [0.2, 0.25) is 0 Å². The molecule has 0 amide bonds. The number of rotatable bonds is 4. The van der Waals surface area contributed by atoms with E-state index in [1.165, 1.54) is 24.0 Å². The molecule has 2 rings (SSSR count). The van der Waals surface area contributed by atoms with Crippen LogP contribution < -0.4 is 15.4 Å². The van der Waals surface area contributed by atoms with Gasteiger partial charge in [0.15, 0.2) is 5.96 Å². The normalized spacial score (nSPS) is 15.2. The molecule has 0 aromatic heterocycles. The Balaban J connectivity index is 1.88. The predicted octanol–water partition coefficient (Wildman–Crippen LogP) is 1.88. The summed E-state index contributed by atoms with van der Waals surface area (Å²) in [5.74, 6) is 1.90. The Morgan fingerprint density at radius 1 is 1.37 bits per heavy atom. The lowest BCUT2D eigenvalue weighted by Gasteiger charge is -2.12. The van der Waals surface area contributed by atoms with Gasteiger partial charge < -0.3 is 15.4 Å². The largest absolute Gasteiger partial charge is 0.496 e. The molecule has 0 saturated carbocycles. The molecule has 19 heavy (non-hydrogen) atoms. The van der Waals surface area contributed by atoms with Gasteiger partial charge in [-0.15, -0.1) is 0 Å². The number of aliphatic imine (C=N–C) groups is 1. The lowest BCUT2D eigenvalue weighted by Crippen LogP contribution is -2.38. The van der Waals surface area contributed by atoms with Crippen LogP contribution in [-0.2, 0) is 6.42 Å². The number of guanidine groups is 1. The monoisotopic (exact) mass is 261 g/mol. The summed E-state index contributed by atoms with van der Waals surface area (Å²) in [6.45, 7) is 4.90. The zero-order chi connectivity index (χ0) is 13.5. The number of ether oxygens (including phenoxy) is 1. The van der Waals surface area contributed by atoms with Crippen LogP contribution in [-0.4, -0.2) is 32.7 Å². The second-order valence-corrected chi connectivity index (χ2v) is 4.86. The van der Waals surface area contributed by atoms with Crippen molar-refractivity contribution in [1.82, 2.24) is 10.6 Å². The molecule has 0 spiro atoms. The van der Waals surface area contributed by atoms with Crippen molar-refractivity contribution in [3.8, 4) is 5.75 Å². The van der Waals surface area contributed by atoms with E-state index in [9.17, 15) is 0 Å². The van der Waals surface area contributed by atoms with E-state index in [0.29, 0.717) is 0 Å². The standard InChI is InChI=1S/C15H23N3O/c1-12-5-6-14(19-2)13(11-12)7-10-18-15-16-8-3-4-9-17-15/h5-6,11H,3-4,7-10H2,1-2H3,(H2,16,17,18). The maximum absolute atomic E-state index is 5.39. The van der Waals surface area contributed by atoms with Crippen molar-refractivity contribution in [3.05, 3.63) is 29.3 Å². The van der Waals surface area contributed by atoms with Crippen molar-refractivity contribution in [1.29, 1.82) is 0 Å². The van der Waals surface area contributed by atoms with Crippen LogP contribution in [0.4, 0.5) is 0 Å². The summed E-state index contributed by atoms with van der Waals surface area (Å²) >= 11 is 0. The summed E-state index contributed by atoms with van der Waals surface area (Å²) in [5.41, 5.74) is 2.50. The van der Waals surface area contributed by atoms with Gasteiger partial charge in [0.1, 0.15) is 5.75 Å². The average Bonchev–Trinajstić information content (AvgIpc) is 2.68. The van der Waals surface area contributed by atoms with Gasteiger partial charge >= 0.3 is 0 Å². The van der Waals surface area contributed by atoms with Gasteiger partial charge in [0, 0.05) is 19.6 Å². The van der Waals surface area contributed by atoms with Crippen LogP contribution in [0.2, 0.25) is 0 Å². The number of hydrogen-bond acceptors (Lipinski definition) is 4. The zero-order valence-electron chi connectivity index (χ0n) is 11.8. The van der Waals surface area contributed by atoms with Gasteiger partial charge in [-0.25, -0.2) is 0 Å². The first-order valence-corrected chi connectivity index (χ1v) is 6.95. The second-order valence-electron chi connectivity index (χ2n) is 4.86. The molecule has 0 saturated heterocycles.